The molecule has 156 valence electrons. The number of fused-ring (bicyclic) bond motifs is 2. The molecule has 5 rings (SSSR count). The summed E-state index contributed by atoms with van der Waals surface area (Å²) >= 11 is 0. The second kappa shape index (κ2) is 7.12. The first-order valence-electron chi connectivity index (χ1n) is 10.9. The maximum Gasteiger partial charge on any atom is 0.258 e. The van der Waals surface area contributed by atoms with E-state index in [1.54, 1.807) is 0 Å². The molecule has 0 aromatic heterocycles. The smallest absolute Gasteiger partial charge is 0.258 e. The zero-order valence-corrected chi connectivity index (χ0v) is 18.5. The average molecular weight is 409 g/mol. The molecule has 0 saturated carbocycles. The summed E-state index contributed by atoms with van der Waals surface area (Å²) in [5, 5.41) is 0. The number of amides is 1. The van der Waals surface area contributed by atoms with Crippen molar-refractivity contribution >= 4 is 17.7 Å². The minimum atomic E-state index is -0.156. The Kier molecular flexibility index (Phi) is 4.51. The fourth-order valence-corrected chi connectivity index (χ4v) is 5.03. The molecule has 3 nitrogen and oxygen atoms in total. The normalized spacial score (nSPS) is 21.0. The summed E-state index contributed by atoms with van der Waals surface area (Å²) in [6, 6.07) is 24.9. The Bertz CT molecular complexity index is 1180. The molecular formula is C28H28N2O. The zero-order chi connectivity index (χ0) is 21.8. The number of nitrogens with zero attached hydrogens (tertiary/aromatic N) is 2. The number of hydrogen-bond donors (Lipinski definition) is 0. The molecule has 0 bridgehead atoms. The Balaban J connectivity index is 1.66. The van der Waals surface area contributed by atoms with E-state index in [1.165, 1.54) is 11.3 Å². The number of benzene rings is 3. The maximum atomic E-state index is 13.5. The highest BCUT2D eigenvalue weighted by molar-refractivity contribution is 5.96. The summed E-state index contributed by atoms with van der Waals surface area (Å²) in [7, 11) is 2.17. The summed E-state index contributed by atoms with van der Waals surface area (Å²) in [4.78, 5) is 17.8. The molecule has 3 aromatic carbocycles. The Morgan fingerprint density at radius 3 is 2.42 bits per heavy atom. The van der Waals surface area contributed by atoms with Gasteiger partial charge in [0.25, 0.3) is 5.91 Å². The number of carbonyl (C=O) groups excluding carboxylic acids is 1. The Morgan fingerprint density at radius 1 is 0.935 bits per heavy atom. The van der Waals surface area contributed by atoms with Crippen LogP contribution in [0.4, 0.5) is 5.69 Å². The first-order valence-corrected chi connectivity index (χ1v) is 10.9. The number of rotatable bonds is 2. The molecule has 0 aliphatic carbocycles. The zero-order valence-electron chi connectivity index (χ0n) is 18.5. The van der Waals surface area contributed by atoms with Crippen molar-refractivity contribution in [2.24, 2.45) is 0 Å². The minimum absolute atomic E-state index is 0.0154. The van der Waals surface area contributed by atoms with Crippen molar-refractivity contribution in [2.75, 3.05) is 11.9 Å². The highest BCUT2D eigenvalue weighted by Crippen LogP contribution is 2.46. The SMILES string of the molecule is C[C@@H]1N(C)c2ccc([C@H]3c4ccccc4C=CN3C(=O)c3ccccc3)cc2C1(C)C. The van der Waals surface area contributed by atoms with Crippen molar-refractivity contribution in [3.63, 3.8) is 0 Å². The second-order valence-electron chi connectivity index (χ2n) is 9.21. The van der Waals surface area contributed by atoms with Crippen LogP contribution in [-0.2, 0) is 5.41 Å². The van der Waals surface area contributed by atoms with Gasteiger partial charge >= 0.3 is 0 Å². The molecule has 2 heterocycles. The van der Waals surface area contributed by atoms with Gasteiger partial charge in [0.15, 0.2) is 0 Å². The van der Waals surface area contributed by atoms with Gasteiger partial charge in [-0.25, -0.2) is 0 Å². The largest absolute Gasteiger partial charge is 0.371 e. The summed E-state index contributed by atoms with van der Waals surface area (Å²) in [5.74, 6) is 0.0154. The summed E-state index contributed by atoms with van der Waals surface area (Å²) < 4.78 is 0. The van der Waals surface area contributed by atoms with E-state index in [1.807, 2.05) is 47.5 Å². The molecular weight excluding hydrogens is 380 g/mol. The number of carbonyl (C=O) groups is 1. The van der Waals surface area contributed by atoms with E-state index in [-0.39, 0.29) is 17.4 Å². The molecule has 2 atom stereocenters. The quantitative estimate of drug-likeness (QED) is 0.518. The highest BCUT2D eigenvalue weighted by atomic mass is 16.2. The molecule has 0 saturated heterocycles. The molecule has 0 fully saturated rings. The van der Waals surface area contributed by atoms with E-state index in [4.69, 9.17) is 0 Å². The van der Waals surface area contributed by atoms with Gasteiger partial charge in [0, 0.05) is 36.0 Å². The third-order valence-corrected chi connectivity index (χ3v) is 7.27. The van der Waals surface area contributed by atoms with Crippen LogP contribution in [0.15, 0.2) is 79.0 Å². The Morgan fingerprint density at radius 2 is 1.65 bits per heavy atom. The van der Waals surface area contributed by atoms with Crippen LogP contribution in [0.1, 0.15) is 59.4 Å². The molecule has 31 heavy (non-hydrogen) atoms. The van der Waals surface area contributed by atoms with Gasteiger partial charge in [-0.3, -0.25) is 4.79 Å². The summed E-state index contributed by atoms with van der Waals surface area (Å²) in [6.45, 7) is 6.90. The number of hydrogen-bond acceptors (Lipinski definition) is 2. The third-order valence-electron chi connectivity index (χ3n) is 7.27. The van der Waals surface area contributed by atoms with Crippen molar-refractivity contribution in [1.29, 1.82) is 0 Å². The monoisotopic (exact) mass is 408 g/mol. The van der Waals surface area contributed by atoms with Crippen molar-refractivity contribution < 1.29 is 4.79 Å². The highest BCUT2D eigenvalue weighted by Gasteiger charge is 2.41. The van der Waals surface area contributed by atoms with E-state index < -0.39 is 0 Å². The van der Waals surface area contributed by atoms with Crippen molar-refractivity contribution in [1.82, 2.24) is 4.90 Å². The van der Waals surface area contributed by atoms with Crippen LogP contribution >= 0.6 is 0 Å². The van der Waals surface area contributed by atoms with Crippen LogP contribution in [0.5, 0.6) is 0 Å². The van der Waals surface area contributed by atoms with E-state index in [0.29, 0.717) is 11.6 Å². The van der Waals surface area contributed by atoms with Gasteiger partial charge in [0.1, 0.15) is 0 Å². The fourth-order valence-electron chi connectivity index (χ4n) is 5.03. The third kappa shape index (κ3) is 2.99. The first-order chi connectivity index (χ1) is 14.9. The van der Waals surface area contributed by atoms with Gasteiger partial charge in [-0.15, -0.1) is 0 Å². The fraction of sp³-hybridized carbons (Fsp3) is 0.250. The van der Waals surface area contributed by atoms with Crippen LogP contribution in [-0.4, -0.2) is 23.9 Å². The van der Waals surface area contributed by atoms with E-state index in [0.717, 1.165) is 16.7 Å². The number of likely N-dealkylation sites (N-methyl/N-ethyl adjacent to an activating group) is 1. The van der Waals surface area contributed by atoms with Crippen LogP contribution in [0.2, 0.25) is 0 Å². The Hall–Kier alpha value is -3.33. The predicted molar refractivity (Wildman–Crippen MR) is 127 cm³/mol. The van der Waals surface area contributed by atoms with Gasteiger partial charge in [-0.2, -0.15) is 0 Å². The van der Waals surface area contributed by atoms with Crippen LogP contribution in [0.25, 0.3) is 6.08 Å². The van der Waals surface area contributed by atoms with Gasteiger partial charge in [-0.05, 0) is 53.5 Å². The van der Waals surface area contributed by atoms with Crippen LogP contribution in [0, 0.1) is 0 Å². The molecule has 2 aliphatic rings. The lowest BCUT2D eigenvalue weighted by atomic mass is 9.79. The number of anilines is 1. The van der Waals surface area contributed by atoms with Gasteiger partial charge in [0.2, 0.25) is 0 Å². The topological polar surface area (TPSA) is 23.6 Å². The lowest BCUT2D eigenvalue weighted by Crippen LogP contribution is -2.36. The van der Waals surface area contributed by atoms with Gasteiger partial charge < -0.3 is 9.80 Å². The lowest BCUT2D eigenvalue weighted by Gasteiger charge is -2.34. The second-order valence-corrected chi connectivity index (χ2v) is 9.21. The summed E-state index contributed by atoms with van der Waals surface area (Å²) in [6.07, 6.45) is 3.98. The minimum Gasteiger partial charge on any atom is -0.371 e. The standard InChI is InChI=1S/C28H28N2O/c1-19-28(2,3)24-18-22(14-15-25(24)29(19)4)26-23-13-9-8-10-20(23)16-17-30(26)27(31)21-11-6-5-7-12-21/h5-19,26H,1-4H3/t19-,26-/m0/s1. The van der Waals surface area contributed by atoms with Crippen molar-refractivity contribution in [3.8, 4) is 0 Å². The molecule has 1 amide bonds. The van der Waals surface area contributed by atoms with E-state index in [9.17, 15) is 4.79 Å². The van der Waals surface area contributed by atoms with Crippen molar-refractivity contribution in [2.45, 2.75) is 38.3 Å². The molecule has 3 aromatic rings. The molecule has 3 heteroatoms. The van der Waals surface area contributed by atoms with Crippen LogP contribution < -0.4 is 4.90 Å². The van der Waals surface area contributed by atoms with E-state index >= 15 is 0 Å². The lowest BCUT2D eigenvalue weighted by molar-refractivity contribution is 0.0787. The van der Waals surface area contributed by atoms with Crippen molar-refractivity contribution in [3.05, 3.63) is 107 Å². The maximum absolute atomic E-state index is 13.5. The molecule has 2 aliphatic heterocycles. The van der Waals surface area contributed by atoms with E-state index in [2.05, 4.69) is 75.2 Å². The predicted octanol–water partition coefficient (Wildman–Crippen LogP) is 6.02. The molecule has 0 radical (unpaired) electrons. The average Bonchev–Trinajstić information content (AvgIpc) is 2.98. The molecule has 0 unspecified atom stereocenters. The van der Waals surface area contributed by atoms with Gasteiger partial charge in [-0.1, -0.05) is 68.4 Å². The molecule has 0 spiro atoms. The summed E-state index contributed by atoms with van der Waals surface area (Å²) in [5.41, 5.74) is 6.84. The Labute approximate surface area is 184 Å². The van der Waals surface area contributed by atoms with Crippen LogP contribution in [0.3, 0.4) is 0 Å². The first kappa shape index (κ1) is 19.6. The van der Waals surface area contributed by atoms with Gasteiger partial charge in [0.05, 0.1) is 6.04 Å². The molecule has 0 N–H and O–H groups in total.